The van der Waals surface area contributed by atoms with E-state index in [4.69, 9.17) is 20.4 Å². The average Bonchev–Trinajstić information content (AvgIpc) is 2.52. The molecule has 0 saturated heterocycles. The van der Waals surface area contributed by atoms with Crippen molar-refractivity contribution in [1.82, 2.24) is 9.80 Å². The maximum Gasteiger partial charge on any atom is 0.317 e. The molecule has 0 heterocycles. The van der Waals surface area contributed by atoms with E-state index >= 15 is 0 Å². The maximum absolute atomic E-state index is 11.2. The lowest BCUT2D eigenvalue weighted by atomic mass is 9.68. The van der Waals surface area contributed by atoms with Crippen LogP contribution < -0.4 is 0 Å². The molecule has 0 aromatic rings. The molecule has 0 radical (unpaired) electrons. The number of hydrogen-bond donors (Lipinski definition) is 4. The third-order valence-electron chi connectivity index (χ3n) is 4.86. The molecule has 0 amide bonds. The van der Waals surface area contributed by atoms with Crippen LogP contribution in [0.2, 0.25) is 0 Å². The minimum absolute atomic E-state index is 0.159. The standard InChI is InChI=1S/C16H22N2O8/c19-11(20)5-17(6-12(21)22)15-9-1-2-10(4-3-9)16(15)18(7-13(23)24)8-14(25)26/h1-2,9-10,15-16H,3-8H2,(H,19,20)(H,21,22)(H,23,24)(H,25,26)/t9-,10?,15-,16?/m0/s1. The van der Waals surface area contributed by atoms with Crippen LogP contribution in [0.5, 0.6) is 0 Å². The summed E-state index contributed by atoms with van der Waals surface area (Å²) in [4.78, 5) is 47.5. The number of aliphatic carboxylic acids is 4. The van der Waals surface area contributed by atoms with Crippen molar-refractivity contribution in [3.8, 4) is 0 Å². The Labute approximate surface area is 149 Å². The van der Waals surface area contributed by atoms with Gasteiger partial charge < -0.3 is 20.4 Å². The smallest absolute Gasteiger partial charge is 0.317 e. The van der Waals surface area contributed by atoms with Gasteiger partial charge in [-0.05, 0) is 24.7 Å². The number of carboxylic acid groups (broad SMARTS) is 4. The number of hydrogen-bond acceptors (Lipinski definition) is 6. The zero-order chi connectivity index (χ0) is 19.4. The van der Waals surface area contributed by atoms with Crippen LogP contribution in [-0.2, 0) is 19.2 Å². The fraction of sp³-hybridized carbons (Fsp3) is 0.625. The quantitative estimate of drug-likeness (QED) is 0.361. The highest BCUT2D eigenvalue weighted by atomic mass is 16.4. The van der Waals surface area contributed by atoms with Gasteiger partial charge in [0.2, 0.25) is 0 Å². The Morgan fingerprint density at radius 1 is 0.654 bits per heavy atom. The van der Waals surface area contributed by atoms with Crippen molar-refractivity contribution >= 4 is 23.9 Å². The van der Waals surface area contributed by atoms with Gasteiger partial charge >= 0.3 is 23.9 Å². The van der Waals surface area contributed by atoms with E-state index in [0.29, 0.717) is 12.8 Å². The predicted octanol–water partition coefficient (Wildman–Crippen LogP) is -0.738. The van der Waals surface area contributed by atoms with Gasteiger partial charge in [-0.1, -0.05) is 12.2 Å². The van der Waals surface area contributed by atoms with E-state index in [1.54, 1.807) is 0 Å². The molecule has 144 valence electrons. The lowest BCUT2D eigenvalue weighted by Gasteiger charge is -2.52. The maximum atomic E-state index is 11.2. The molecule has 1 saturated carbocycles. The highest BCUT2D eigenvalue weighted by Gasteiger charge is 2.47. The van der Waals surface area contributed by atoms with E-state index in [2.05, 4.69) is 0 Å². The van der Waals surface area contributed by atoms with Crippen LogP contribution in [0.15, 0.2) is 12.2 Å². The minimum atomic E-state index is -1.20. The Bertz CT molecular complexity index is 535. The summed E-state index contributed by atoms with van der Waals surface area (Å²) in [6.45, 7) is -2.06. The van der Waals surface area contributed by atoms with Crippen LogP contribution in [0, 0.1) is 11.8 Å². The fourth-order valence-electron chi connectivity index (χ4n) is 4.14. The predicted molar refractivity (Wildman–Crippen MR) is 86.6 cm³/mol. The van der Waals surface area contributed by atoms with Gasteiger partial charge in [-0.2, -0.15) is 0 Å². The first-order valence-electron chi connectivity index (χ1n) is 8.22. The molecule has 10 heteroatoms. The summed E-state index contributed by atoms with van der Waals surface area (Å²) in [5.74, 6) is -5.10. The van der Waals surface area contributed by atoms with Gasteiger partial charge in [0.05, 0.1) is 26.2 Å². The van der Waals surface area contributed by atoms with Crippen LogP contribution >= 0.6 is 0 Å². The third kappa shape index (κ3) is 4.79. The lowest BCUT2D eigenvalue weighted by Crippen LogP contribution is -2.64. The monoisotopic (exact) mass is 370 g/mol. The first-order chi connectivity index (χ1) is 12.2. The topological polar surface area (TPSA) is 156 Å². The van der Waals surface area contributed by atoms with Gasteiger partial charge in [-0.25, -0.2) is 0 Å². The number of nitrogens with zero attached hydrogens (tertiary/aromatic N) is 2. The average molecular weight is 370 g/mol. The van der Waals surface area contributed by atoms with E-state index in [9.17, 15) is 19.2 Å². The van der Waals surface area contributed by atoms with Crippen molar-refractivity contribution in [2.75, 3.05) is 26.2 Å². The highest BCUT2D eigenvalue weighted by molar-refractivity contribution is 5.73. The molecular weight excluding hydrogens is 348 g/mol. The van der Waals surface area contributed by atoms with Crippen LogP contribution in [0.25, 0.3) is 0 Å². The van der Waals surface area contributed by atoms with Crippen molar-refractivity contribution in [2.24, 2.45) is 11.8 Å². The summed E-state index contributed by atoms with van der Waals surface area (Å²) in [5.41, 5.74) is 0. The molecule has 10 nitrogen and oxygen atoms in total. The molecule has 0 aromatic heterocycles. The first-order valence-corrected chi connectivity index (χ1v) is 8.22. The van der Waals surface area contributed by atoms with Gasteiger partial charge in [0.25, 0.3) is 0 Å². The number of carboxylic acids is 4. The van der Waals surface area contributed by atoms with Crippen LogP contribution in [0.4, 0.5) is 0 Å². The third-order valence-corrected chi connectivity index (χ3v) is 4.86. The SMILES string of the molecule is O=C(O)CN(CC(=O)O)C1C2C=C[C@@H](CC2)[C@@H]1N(CC(=O)O)CC(=O)O. The molecule has 26 heavy (non-hydrogen) atoms. The van der Waals surface area contributed by atoms with Crippen LogP contribution in [0.3, 0.4) is 0 Å². The van der Waals surface area contributed by atoms with Crippen molar-refractivity contribution < 1.29 is 39.6 Å². The summed E-state index contributed by atoms with van der Waals surface area (Å²) in [7, 11) is 0. The summed E-state index contributed by atoms with van der Waals surface area (Å²) >= 11 is 0. The van der Waals surface area contributed by atoms with E-state index in [0.717, 1.165) is 0 Å². The Balaban J connectivity index is 2.38. The second kappa shape index (κ2) is 8.28. The summed E-state index contributed by atoms with van der Waals surface area (Å²) in [5, 5.41) is 36.6. The Morgan fingerprint density at radius 3 is 1.12 bits per heavy atom. The molecular formula is C16H22N2O8. The molecule has 3 aliphatic rings. The van der Waals surface area contributed by atoms with Crippen molar-refractivity contribution in [3.05, 3.63) is 12.2 Å². The Hall–Kier alpha value is -2.46. The van der Waals surface area contributed by atoms with Gasteiger partial charge in [-0.15, -0.1) is 0 Å². The lowest BCUT2D eigenvalue weighted by molar-refractivity contribution is -0.151. The fourth-order valence-corrected chi connectivity index (χ4v) is 4.14. The second-order valence-electron chi connectivity index (χ2n) is 6.66. The molecule has 0 aliphatic heterocycles. The molecule has 1 fully saturated rings. The Morgan fingerprint density at radius 2 is 0.923 bits per heavy atom. The van der Waals surface area contributed by atoms with Crippen LogP contribution in [-0.4, -0.2) is 92.4 Å². The molecule has 0 aromatic carbocycles. The second-order valence-corrected chi connectivity index (χ2v) is 6.66. The largest absolute Gasteiger partial charge is 0.480 e. The van der Waals surface area contributed by atoms with Crippen molar-refractivity contribution in [1.29, 1.82) is 0 Å². The minimum Gasteiger partial charge on any atom is -0.480 e. The van der Waals surface area contributed by atoms with E-state index in [1.807, 2.05) is 12.2 Å². The number of carbonyl (C=O) groups is 4. The highest BCUT2D eigenvalue weighted by Crippen LogP contribution is 2.41. The van der Waals surface area contributed by atoms with E-state index in [-0.39, 0.29) is 11.8 Å². The zero-order valence-electron chi connectivity index (χ0n) is 14.0. The summed E-state index contributed by atoms with van der Waals surface area (Å²) in [6, 6.07) is -1.16. The number of rotatable bonds is 10. The summed E-state index contributed by atoms with van der Waals surface area (Å²) < 4.78 is 0. The normalized spacial score (nSPS) is 27.0. The van der Waals surface area contributed by atoms with Gasteiger partial charge in [-0.3, -0.25) is 29.0 Å². The number of fused-ring (bicyclic) bond motifs is 2. The van der Waals surface area contributed by atoms with Crippen LogP contribution in [0.1, 0.15) is 12.8 Å². The Kier molecular flexibility index (Phi) is 6.32. The van der Waals surface area contributed by atoms with Crippen molar-refractivity contribution in [3.63, 3.8) is 0 Å². The van der Waals surface area contributed by atoms with Crippen molar-refractivity contribution in [2.45, 2.75) is 24.9 Å². The summed E-state index contributed by atoms with van der Waals surface area (Å²) in [6.07, 6.45) is 5.22. The first kappa shape index (κ1) is 19.9. The molecule has 4 N–H and O–H groups in total. The molecule has 2 unspecified atom stereocenters. The molecule has 0 spiro atoms. The van der Waals surface area contributed by atoms with E-state index in [1.165, 1.54) is 9.80 Å². The molecule has 2 bridgehead atoms. The molecule has 3 aliphatic carbocycles. The zero-order valence-corrected chi connectivity index (χ0v) is 14.0. The molecule has 3 rings (SSSR count). The van der Waals surface area contributed by atoms with E-state index < -0.39 is 62.1 Å². The van der Waals surface area contributed by atoms with Gasteiger partial charge in [0.15, 0.2) is 0 Å². The van der Waals surface area contributed by atoms with Gasteiger partial charge in [0, 0.05) is 12.1 Å². The molecule has 4 atom stereocenters. The van der Waals surface area contributed by atoms with Gasteiger partial charge in [0.1, 0.15) is 0 Å².